The Labute approximate surface area is 112 Å². The van der Waals surface area contributed by atoms with Crippen LogP contribution in [0.4, 0.5) is 0 Å². The summed E-state index contributed by atoms with van der Waals surface area (Å²) in [6.45, 7) is 2.65. The molecule has 2 N–H and O–H groups in total. The summed E-state index contributed by atoms with van der Waals surface area (Å²) in [5.41, 5.74) is 8.87. The van der Waals surface area contributed by atoms with Gasteiger partial charge < -0.3 is 14.8 Å². The Hall–Kier alpha value is -1.62. The zero-order valence-electron chi connectivity index (χ0n) is 11.3. The number of aromatic nitrogens is 3. The van der Waals surface area contributed by atoms with Crippen LogP contribution in [0.5, 0.6) is 0 Å². The van der Waals surface area contributed by atoms with Crippen LogP contribution >= 0.6 is 0 Å². The highest BCUT2D eigenvalue weighted by molar-refractivity contribution is 5.29. The second-order valence-electron chi connectivity index (χ2n) is 5.22. The molecule has 3 rings (SSSR count). The molecule has 0 saturated heterocycles. The van der Waals surface area contributed by atoms with Gasteiger partial charge in [0.15, 0.2) is 5.82 Å². The van der Waals surface area contributed by atoms with Crippen molar-refractivity contribution >= 4 is 0 Å². The van der Waals surface area contributed by atoms with Gasteiger partial charge in [0.05, 0.1) is 0 Å². The van der Waals surface area contributed by atoms with Crippen molar-refractivity contribution < 1.29 is 4.52 Å². The van der Waals surface area contributed by atoms with Crippen molar-refractivity contribution in [2.24, 2.45) is 5.73 Å². The quantitative estimate of drug-likeness (QED) is 0.859. The third kappa shape index (κ3) is 2.56. The number of rotatable bonds is 3. The maximum Gasteiger partial charge on any atom is 0.246 e. The second-order valence-corrected chi connectivity index (χ2v) is 5.22. The molecular formula is C14H20N4O. The molecule has 0 spiro atoms. The van der Waals surface area contributed by atoms with Crippen LogP contribution in [0.25, 0.3) is 0 Å². The third-order valence-corrected chi connectivity index (χ3v) is 3.75. The zero-order chi connectivity index (χ0) is 13.2. The fraction of sp³-hybridized carbons (Fsp3) is 0.571. The van der Waals surface area contributed by atoms with Gasteiger partial charge in [-0.3, -0.25) is 0 Å². The molecule has 19 heavy (non-hydrogen) atoms. The summed E-state index contributed by atoms with van der Waals surface area (Å²) < 4.78 is 7.34. The third-order valence-electron chi connectivity index (χ3n) is 3.75. The minimum absolute atomic E-state index is 0.174. The molecule has 2 aromatic heterocycles. The summed E-state index contributed by atoms with van der Waals surface area (Å²) in [5, 5.41) is 3.92. The summed E-state index contributed by atoms with van der Waals surface area (Å²) >= 11 is 0. The van der Waals surface area contributed by atoms with Crippen LogP contribution in [0.3, 0.4) is 0 Å². The van der Waals surface area contributed by atoms with E-state index >= 15 is 0 Å². The van der Waals surface area contributed by atoms with E-state index in [0.29, 0.717) is 12.4 Å². The lowest BCUT2D eigenvalue weighted by molar-refractivity contribution is 0.366. The van der Waals surface area contributed by atoms with Gasteiger partial charge in [0.2, 0.25) is 5.89 Å². The van der Waals surface area contributed by atoms with Gasteiger partial charge in [-0.2, -0.15) is 4.98 Å². The van der Waals surface area contributed by atoms with Gasteiger partial charge >= 0.3 is 0 Å². The molecule has 2 aromatic rings. The maximum atomic E-state index is 6.21. The molecule has 0 bridgehead atoms. The summed E-state index contributed by atoms with van der Waals surface area (Å²) in [5.74, 6) is 1.43. The molecule has 1 aliphatic rings. The molecule has 0 fully saturated rings. The van der Waals surface area contributed by atoms with Crippen LogP contribution in [-0.2, 0) is 19.4 Å². The fourth-order valence-electron chi connectivity index (χ4n) is 2.70. The first kappa shape index (κ1) is 12.4. The molecule has 0 radical (unpaired) electrons. The Balaban J connectivity index is 1.80. The monoisotopic (exact) mass is 260 g/mol. The van der Waals surface area contributed by atoms with Crippen molar-refractivity contribution in [3.63, 3.8) is 0 Å². The largest absolute Gasteiger partial charge is 0.344 e. The molecule has 2 heterocycles. The summed E-state index contributed by atoms with van der Waals surface area (Å²) in [6.07, 6.45) is 9.77. The highest BCUT2D eigenvalue weighted by atomic mass is 16.5. The summed E-state index contributed by atoms with van der Waals surface area (Å²) in [7, 11) is 0. The average Bonchev–Trinajstić information content (AvgIpc) is 2.98. The molecule has 5 heteroatoms. The van der Waals surface area contributed by atoms with Crippen LogP contribution in [0.15, 0.2) is 16.9 Å². The van der Waals surface area contributed by atoms with Crippen LogP contribution in [0, 0.1) is 0 Å². The van der Waals surface area contributed by atoms with E-state index in [0.717, 1.165) is 25.1 Å². The Morgan fingerprint density at radius 2 is 2.32 bits per heavy atom. The number of hydrogen-bond acceptors (Lipinski definition) is 4. The van der Waals surface area contributed by atoms with Gasteiger partial charge in [-0.1, -0.05) is 18.5 Å². The molecule has 5 nitrogen and oxygen atoms in total. The molecular weight excluding hydrogens is 240 g/mol. The molecule has 0 aliphatic heterocycles. The molecule has 1 atom stereocenters. The zero-order valence-corrected chi connectivity index (χ0v) is 11.3. The first-order valence-corrected chi connectivity index (χ1v) is 7.02. The number of aryl methyl sites for hydroxylation is 2. The van der Waals surface area contributed by atoms with Crippen LogP contribution < -0.4 is 5.73 Å². The Bertz CT molecular complexity index is 558. The van der Waals surface area contributed by atoms with E-state index in [4.69, 9.17) is 10.3 Å². The maximum absolute atomic E-state index is 6.21. The Morgan fingerprint density at radius 1 is 1.42 bits per heavy atom. The highest BCUT2D eigenvalue weighted by Gasteiger charge is 2.18. The number of fused-ring (bicyclic) bond motifs is 1. The standard InChI is InChI=1S/C14H20N4O/c1-2-13-16-14(19-17-13)9-18-7-10-5-3-4-6-12(15)11(10)8-18/h7-8,12H,2-6,9,15H2,1H3. The van der Waals surface area contributed by atoms with E-state index in [1.807, 2.05) is 6.92 Å². The van der Waals surface area contributed by atoms with E-state index in [1.54, 1.807) is 0 Å². The summed E-state index contributed by atoms with van der Waals surface area (Å²) in [6, 6.07) is 0.174. The van der Waals surface area contributed by atoms with E-state index in [2.05, 4.69) is 27.1 Å². The lowest BCUT2D eigenvalue weighted by Gasteiger charge is -2.07. The van der Waals surface area contributed by atoms with Crippen molar-refractivity contribution in [2.75, 3.05) is 0 Å². The van der Waals surface area contributed by atoms with Crippen molar-refractivity contribution in [1.82, 2.24) is 14.7 Å². The predicted molar refractivity (Wildman–Crippen MR) is 71.7 cm³/mol. The Morgan fingerprint density at radius 3 is 3.11 bits per heavy atom. The molecule has 0 amide bonds. The van der Waals surface area contributed by atoms with Crippen molar-refractivity contribution in [3.05, 3.63) is 35.2 Å². The lowest BCUT2D eigenvalue weighted by Crippen LogP contribution is -2.09. The topological polar surface area (TPSA) is 69.9 Å². The summed E-state index contributed by atoms with van der Waals surface area (Å²) in [4.78, 5) is 4.34. The lowest BCUT2D eigenvalue weighted by atomic mass is 10.1. The van der Waals surface area contributed by atoms with Gasteiger partial charge in [0.25, 0.3) is 0 Å². The van der Waals surface area contributed by atoms with Crippen LogP contribution in [0.2, 0.25) is 0 Å². The highest BCUT2D eigenvalue weighted by Crippen LogP contribution is 2.27. The van der Waals surface area contributed by atoms with E-state index < -0.39 is 0 Å². The van der Waals surface area contributed by atoms with Crippen molar-refractivity contribution in [2.45, 2.75) is 51.6 Å². The first-order chi connectivity index (χ1) is 9.26. The molecule has 1 aliphatic carbocycles. The number of nitrogens with zero attached hydrogens (tertiary/aromatic N) is 3. The first-order valence-electron chi connectivity index (χ1n) is 7.02. The molecule has 0 saturated carbocycles. The van der Waals surface area contributed by atoms with Crippen LogP contribution in [0.1, 0.15) is 55.1 Å². The van der Waals surface area contributed by atoms with Gasteiger partial charge in [0, 0.05) is 24.9 Å². The normalized spacial score (nSPS) is 19.2. The minimum atomic E-state index is 0.174. The molecule has 0 aromatic carbocycles. The van der Waals surface area contributed by atoms with Gasteiger partial charge in [-0.15, -0.1) is 0 Å². The average molecular weight is 260 g/mol. The predicted octanol–water partition coefficient (Wildman–Crippen LogP) is 2.21. The number of nitrogens with two attached hydrogens (primary N) is 1. The molecule has 102 valence electrons. The van der Waals surface area contributed by atoms with Crippen molar-refractivity contribution in [3.8, 4) is 0 Å². The smallest absolute Gasteiger partial charge is 0.246 e. The number of hydrogen-bond donors (Lipinski definition) is 1. The fourth-order valence-corrected chi connectivity index (χ4v) is 2.70. The van der Waals surface area contributed by atoms with Gasteiger partial charge in [-0.05, 0) is 30.4 Å². The second kappa shape index (κ2) is 5.17. The van der Waals surface area contributed by atoms with E-state index in [-0.39, 0.29) is 6.04 Å². The SMILES string of the molecule is CCc1noc(Cn2cc3c(c2)C(N)CCCC3)n1. The molecule has 1 unspecified atom stereocenters. The minimum Gasteiger partial charge on any atom is -0.344 e. The van der Waals surface area contributed by atoms with Gasteiger partial charge in [0.1, 0.15) is 6.54 Å². The van der Waals surface area contributed by atoms with E-state index in [1.165, 1.54) is 24.0 Å². The van der Waals surface area contributed by atoms with Crippen LogP contribution in [-0.4, -0.2) is 14.7 Å². The van der Waals surface area contributed by atoms with Crippen molar-refractivity contribution in [1.29, 1.82) is 0 Å². The van der Waals surface area contributed by atoms with E-state index in [9.17, 15) is 0 Å². The Kier molecular flexibility index (Phi) is 3.38. The van der Waals surface area contributed by atoms with Gasteiger partial charge in [-0.25, -0.2) is 0 Å².